The van der Waals surface area contributed by atoms with Crippen molar-refractivity contribution in [2.45, 2.75) is 62.4 Å². The molecule has 1 aromatic heterocycles. The van der Waals surface area contributed by atoms with E-state index in [-0.39, 0.29) is 0 Å². The lowest BCUT2D eigenvalue weighted by Gasteiger charge is -2.30. The fourth-order valence-electron chi connectivity index (χ4n) is 4.39. The summed E-state index contributed by atoms with van der Waals surface area (Å²) < 4.78 is 36.0. The SMILES string of the molecule is CCOCCCn1c(SCc2ccc(C)cc2)nc2cc(S(=O)(=O)N3CCC[C@H](C)C3)ccc21. The van der Waals surface area contributed by atoms with E-state index in [0.29, 0.717) is 37.1 Å². The van der Waals surface area contributed by atoms with Crippen molar-refractivity contribution in [3.05, 3.63) is 53.6 Å². The van der Waals surface area contributed by atoms with Gasteiger partial charge >= 0.3 is 0 Å². The van der Waals surface area contributed by atoms with Gasteiger partial charge in [0.2, 0.25) is 10.0 Å². The highest BCUT2D eigenvalue weighted by Crippen LogP contribution is 2.30. The van der Waals surface area contributed by atoms with Gasteiger partial charge in [0.25, 0.3) is 0 Å². The van der Waals surface area contributed by atoms with Gasteiger partial charge in [0.15, 0.2) is 5.16 Å². The molecule has 0 amide bonds. The third kappa shape index (κ3) is 5.85. The molecule has 0 spiro atoms. The molecule has 0 saturated carbocycles. The van der Waals surface area contributed by atoms with Crippen molar-refractivity contribution in [3.8, 4) is 0 Å². The van der Waals surface area contributed by atoms with Gasteiger partial charge in [-0.25, -0.2) is 13.4 Å². The van der Waals surface area contributed by atoms with E-state index in [0.717, 1.165) is 47.7 Å². The van der Waals surface area contributed by atoms with Crippen LogP contribution < -0.4 is 0 Å². The normalized spacial score (nSPS) is 17.4. The molecule has 0 N–H and O–H groups in total. The highest BCUT2D eigenvalue weighted by atomic mass is 32.2. The van der Waals surface area contributed by atoms with Gasteiger partial charge in [0, 0.05) is 38.6 Å². The number of nitrogens with zero attached hydrogens (tertiary/aromatic N) is 3. The van der Waals surface area contributed by atoms with Gasteiger partial charge in [-0.2, -0.15) is 4.31 Å². The minimum Gasteiger partial charge on any atom is -0.382 e. The molecule has 1 aliphatic heterocycles. The Balaban J connectivity index is 1.62. The average Bonchev–Trinajstić information content (AvgIpc) is 3.18. The number of ether oxygens (including phenoxy) is 1. The number of benzene rings is 2. The smallest absolute Gasteiger partial charge is 0.243 e. The molecule has 1 fully saturated rings. The fraction of sp³-hybridized carbons (Fsp3) is 0.500. The van der Waals surface area contributed by atoms with Gasteiger partial charge < -0.3 is 9.30 Å². The highest BCUT2D eigenvalue weighted by Gasteiger charge is 2.29. The van der Waals surface area contributed by atoms with Crippen molar-refractivity contribution in [2.24, 2.45) is 5.92 Å². The van der Waals surface area contributed by atoms with Gasteiger partial charge in [-0.15, -0.1) is 0 Å². The minimum atomic E-state index is -3.52. The number of imidazole rings is 1. The summed E-state index contributed by atoms with van der Waals surface area (Å²) in [6.45, 7) is 9.56. The maximum absolute atomic E-state index is 13.3. The predicted molar refractivity (Wildman–Crippen MR) is 139 cm³/mol. The van der Waals surface area contributed by atoms with E-state index < -0.39 is 10.0 Å². The lowest BCUT2D eigenvalue weighted by atomic mass is 10.0. The number of rotatable bonds is 10. The van der Waals surface area contributed by atoms with E-state index >= 15 is 0 Å². The number of hydrogen-bond acceptors (Lipinski definition) is 5. The number of thioether (sulfide) groups is 1. The van der Waals surface area contributed by atoms with Crippen molar-refractivity contribution >= 4 is 32.8 Å². The van der Waals surface area contributed by atoms with Crippen molar-refractivity contribution in [3.63, 3.8) is 0 Å². The molecule has 6 nitrogen and oxygen atoms in total. The van der Waals surface area contributed by atoms with Gasteiger partial charge in [0.1, 0.15) is 0 Å². The van der Waals surface area contributed by atoms with Crippen LogP contribution in [0.2, 0.25) is 0 Å². The zero-order chi connectivity index (χ0) is 24.1. The molecule has 1 atom stereocenters. The Hall–Kier alpha value is -1.87. The molecule has 1 saturated heterocycles. The van der Waals surface area contributed by atoms with E-state index in [1.54, 1.807) is 28.2 Å². The molecule has 0 unspecified atom stereocenters. The summed E-state index contributed by atoms with van der Waals surface area (Å²) in [5.41, 5.74) is 4.18. The van der Waals surface area contributed by atoms with Gasteiger partial charge in [-0.3, -0.25) is 0 Å². The monoisotopic (exact) mass is 501 g/mol. The summed E-state index contributed by atoms with van der Waals surface area (Å²) in [5.74, 6) is 1.20. The zero-order valence-electron chi connectivity index (χ0n) is 20.4. The molecule has 3 aromatic rings. The van der Waals surface area contributed by atoms with E-state index in [2.05, 4.69) is 42.7 Å². The Morgan fingerprint density at radius 1 is 1.18 bits per heavy atom. The van der Waals surface area contributed by atoms with Crippen molar-refractivity contribution < 1.29 is 13.2 Å². The van der Waals surface area contributed by atoms with Crippen LogP contribution in [-0.2, 0) is 27.1 Å². The molecular weight excluding hydrogens is 466 g/mol. The number of sulfonamides is 1. The largest absolute Gasteiger partial charge is 0.382 e. The molecule has 2 aromatic carbocycles. The zero-order valence-corrected chi connectivity index (χ0v) is 22.0. The van der Waals surface area contributed by atoms with Crippen LogP contribution in [0, 0.1) is 12.8 Å². The summed E-state index contributed by atoms with van der Waals surface area (Å²) in [6, 6.07) is 14.0. The lowest BCUT2D eigenvalue weighted by Crippen LogP contribution is -2.39. The van der Waals surface area contributed by atoms with Crippen LogP contribution in [0.1, 0.15) is 44.2 Å². The molecule has 34 heavy (non-hydrogen) atoms. The Bertz CT molecular complexity index is 1210. The molecule has 0 bridgehead atoms. The molecule has 4 rings (SSSR count). The second-order valence-electron chi connectivity index (χ2n) is 9.13. The fourth-order valence-corrected chi connectivity index (χ4v) is 7.00. The van der Waals surface area contributed by atoms with Crippen LogP contribution >= 0.6 is 11.8 Å². The third-order valence-corrected chi connectivity index (χ3v) is 9.21. The first-order valence-electron chi connectivity index (χ1n) is 12.1. The molecular formula is C26H35N3O3S2. The van der Waals surface area contributed by atoms with E-state index in [4.69, 9.17) is 9.72 Å². The van der Waals surface area contributed by atoms with E-state index in [9.17, 15) is 8.42 Å². The molecule has 8 heteroatoms. The van der Waals surface area contributed by atoms with Crippen LogP contribution in [0.5, 0.6) is 0 Å². The average molecular weight is 502 g/mol. The first kappa shape index (κ1) is 25.2. The number of aryl methyl sites for hydroxylation is 2. The number of aromatic nitrogens is 2. The van der Waals surface area contributed by atoms with Crippen LogP contribution in [0.25, 0.3) is 11.0 Å². The lowest BCUT2D eigenvalue weighted by molar-refractivity contribution is 0.141. The topological polar surface area (TPSA) is 64.4 Å². The first-order chi connectivity index (χ1) is 16.4. The van der Waals surface area contributed by atoms with Gasteiger partial charge in [-0.1, -0.05) is 48.5 Å². The van der Waals surface area contributed by atoms with Gasteiger partial charge in [-0.05, 0) is 62.8 Å². The number of piperidine rings is 1. The molecule has 0 radical (unpaired) electrons. The summed E-state index contributed by atoms with van der Waals surface area (Å²) in [7, 11) is -3.52. The number of hydrogen-bond donors (Lipinski definition) is 0. The Kier molecular flexibility index (Phi) is 8.34. The molecule has 1 aliphatic rings. The second kappa shape index (κ2) is 11.2. The Labute approximate surface area is 207 Å². The predicted octanol–water partition coefficient (Wildman–Crippen LogP) is 5.48. The molecule has 2 heterocycles. The number of fused-ring (bicyclic) bond motifs is 1. The summed E-state index contributed by atoms with van der Waals surface area (Å²) in [4.78, 5) is 5.22. The van der Waals surface area contributed by atoms with Crippen LogP contribution in [0.4, 0.5) is 0 Å². The van der Waals surface area contributed by atoms with E-state index in [1.807, 2.05) is 13.0 Å². The van der Waals surface area contributed by atoms with Crippen molar-refractivity contribution in [2.75, 3.05) is 26.3 Å². The van der Waals surface area contributed by atoms with Crippen molar-refractivity contribution in [1.82, 2.24) is 13.9 Å². The summed E-state index contributed by atoms with van der Waals surface area (Å²) in [5, 5.41) is 0.910. The minimum absolute atomic E-state index is 0.336. The van der Waals surface area contributed by atoms with Gasteiger partial charge in [0.05, 0.1) is 15.9 Å². The maximum atomic E-state index is 13.3. The molecule has 184 valence electrons. The van der Waals surface area contributed by atoms with E-state index in [1.165, 1.54) is 11.1 Å². The standard InChI is InChI=1S/C26H35N3O3S2/c1-4-32-16-6-15-29-25-13-12-23(34(30,31)28-14-5-7-21(3)18-28)17-24(25)27-26(29)33-19-22-10-8-20(2)9-11-22/h8-13,17,21H,4-7,14-16,18-19H2,1-3H3/t21-/m0/s1. The first-order valence-corrected chi connectivity index (χ1v) is 14.6. The Morgan fingerprint density at radius 3 is 2.71 bits per heavy atom. The second-order valence-corrected chi connectivity index (χ2v) is 12.0. The van der Waals surface area contributed by atoms with Crippen LogP contribution in [0.3, 0.4) is 0 Å². The van der Waals surface area contributed by atoms with Crippen LogP contribution in [-0.4, -0.2) is 48.6 Å². The summed E-state index contributed by atoms with van der Waals surface area (Å²) >= 11 is 1.69. The van der Waals surface area contributed by atoms with Crippen molar-refractivity contribution in [1.29, 1.82) is 0 Å². The highest BCUT2D eigenvalue weighted by molar-refractivity contribution is 7.98. The quantitative estimate of drug-likeness (QED) is 0.272. The van der Waals surface area contributed by atoms with Crippen LogP contribution in [0.15, 0.2) is 52.5 Å². The molecule has 0 aliphatic carbocycles. The Morgan fingerprint density at radius 2 is 1.97 bits per heavy atom. The summed E-state index contributed by atoms with van der Waals surface area (Å²) in [6.07, 6.45) is 2.87. The third-order valence-electron chi connectivity index (χ3n) is 6.31. The maximum Gasteiger partial charge on any atom is 0.243 e.